The van der Waals surface area contributed by atoms with Crippen LogP contribution in [0, 0.1) is 5.92 Å². The van der Waals surface area contributed by atoms with Crippen LogP contribution >= 0.6 is 0 Å². The van der Waals surface area contributed by atoms with E-state index in [9.17, 15) is 29.7 Å². The van der Waals surface area contributed by atoms with Gasteiger partial charge in [0.1, 0.15) is 22.8 Å². The summed E-state index contributed by atoms with van der Waals surface area (Å²) in [6.45, 7) is 5.31. The second-order valence-electron chi connectivity index (χ2n) is 9.07. The van der Waals surface area contributed by atoms with Crippen molar-refractivity contribution in [3.05, 3.63) is 51.6 Å². The van der Waals surface area contributed by atoms with Gasteiger partial charge in [0.05, 0.1) is 29.9 Å². The van der Waals surface area contributed by atoms with Crippen molar-refractivity contribution in [2.75, 3.05) is 13.7 Å². The molecule has 2 aliphatic rings. The average Bonchev–Trinajstić information content (AvgIpc) is 2.77. The Labute approximate surface area is 190 Å². The molecular weight excluding hydrogens is 428 g/mol. The van der Waals surface area contributed by atoms with Gasteiger partial charge >= 0.3 is 0 Å². The second-order valence-corrected chi connectivity index (χ2v) is 9.07. The Morgan fingerprint density at radius 2 is 1.79 bits per heavy atom. The molecule has 0 spiro atoms. The number of methoxy groups -OCH3 is 1. The van der Waals surface area contributed by atoms with Crippen molar-refractivity contribution < 1.29 is 39.2 Å². The van der Waals surface area contributed by atoms with Gasteiger partial charge in [-0.2, -0.15) is 0 Å². The zero-order chi connectivity index (χ0) is 24.2. The van der Waals surface area contributed by atoms with Crippen LogP contribution in [-0.4, -0.2) is 52.0 Å². The van der Waals surface area contributed by atoms with Crippen molar-refractivity contribution >= 4 is 17.3 Å². The molecule has 0 fully saturated rings. The normalized spacial score (nSPS) is 21.5. The molecule has 8 heteroatoms. The Morgan fingerprint density at radius 1 is 1.12 bits per heavy atom. The lowest BCUT2D eigenvalue weighted by Gasteiger charge is -2.38. The average molecular weight is 454 g/mol. The summed E-state index contributed by atoms with van der Waals surface area (Å²) in [4.78, 5) is 39.1. The molecule has 2 aromatic carbocycles. The van der Waals surface area contributed by atoms with Crippen molar-refractivity contribution in [2.24, 2.45) is 5.92 Å². The lowest BCUT2D eigenvalue weighted by atomic mass is 9.72. The molecule has 33 heavy (non-hydrogen) atoms. The number of hydrogen-bond donors (Lipinski definition) is 3. The minimum absolute atomic E-state index is 0.00264. The van der Waals surface area contributed by atoms with Gasteiger partial charge in [-0.3, -0.25) is 14.4 Å². The van der Waals surface area contributed by atoms with Gasteiger partial charge < -0.3 is 24.8 Å². The van der Waals surface area contributed by atoms with Gasteiger partial charge in [0, 0.05) is 36.1 Å². The topological polar surface area (TPSA) is 130 Å². The van der Waals surface area contributed by atoms with Gasteiger partial charge in [-0.1, -0.05) is 26.0 Å². The second kappa shape index (κ2) is 7.97. The van der Waals surface area contributed by atoms with Crippen molar-refractivity contribution in [1.29, 1.82) is 0 Å². The number of carbonyl (C=O) groups excluding carboxylic acids is 3. The summed E-state index contributed by atoms with van der Waals surface area (Å²) >= 11 is 0. The van der Waals surface area contributed by atoms with E-state index in [4.69, 9.17) is 9.47 Å². The first-order valence-electron chi connectivity index (χ1n) is 10.7. The number of ketones is 3. The third-order valence-corrected chi connectivity index (χ3v) is 6.36. The first kappa shape index (κ1) is 22.9. The molecule has 0 aromatic heterocycles. The summed E-state index contributed by atoms with van der Waals surface area (Å²) in [5.41, 5.74) is -2.37. The number of aromatic hydroxyl groups is 2. The van der Waals surface area contributed by atoms with E-state index in [-0.39, 0.29) is 64.5 Å². The van der Waals surface area contributed by atoms with E-state index < -0.39 is 40.6 Å². The highest BCUT2D eigenvalue weighted by Gasteiger charge is 2.48. The smallest absolute Gasteiger partial charge is 0.202 e. The highest BCUT2D eigenvalue weighted by molar-refractivity contribution is 6.31. The quantitative estimate of drug-likeness (QED) is 0.502. The number of rotatable bonds is 5. The van der Waals surface area contributed by atoms with Crippen LogP contribution < -0.4 is 4.74 Å². The molecular formula is C25H26O8. The Hall–Kier alpha value is -3.23. The predicted octanol–water partition coefficient (Wildman–Crippen LogP) is 2.86. The highest BCUT2D eigenvalue weighted by atomic mass is 16.5. The van der Waals surface area contributed by atoms with Gasteiger partial charge in [-0.05, 0) is 18.9 Å². The number of carbonyl (C=O) groups is 3. The van der Waals surface area contributed by atoms with E-state index in [1.54, 1.807) is 6.07 Å². The standard InChI is InChI=1S/C25H26O8/c1-11(2)10-33-16-9-25(31,12(3)26)8-14-18(16)24(30)20-19(22(14)28)21(27)13-6-5-7-15(32-4)17(13)23(20)29/h5-7,11,16,28,30-31H,8-10H2,1-4H3/t16-,25?/m0/s1. The monoisotopic (exact) mass is 454 g/mol. The number of phenols is 2. The Balaban J connectivity index is 1.99. The molecule has 0 amide bonds. The first-order chi connectivity index (χ1) is 15.5. The maximum absolute atomic E-state index is 13.5. The maximum atomic E-state index is 13.5. The molecule has 0 aliphatic heterocycles. The third kappa shape index (κ3) is 3.41. The molecule has 1 unspecified atom stereocenters. The van der Waals surface area contributed by atoms with Crippen LogP contribution in [0.5, 0.6) is 17.2 Å². The fraction of sp³-hybridized carbons (Fsp3) is 0.400. The highest BCUT2D eigenvalue weighted by Crippen LogP contribution is 2.52. The summed E-state index contributed by atoms with van der Waals surface area (Å²) in [5.74, 6) is -2.61. The molecule has 4 rings (SSSR count). The fourth-order valence-electron chi connectivity index (χ4n) is 4.64. The molecule has 0 radical (unpaired) electrons. The van der Waals surface area contributed by atoms with E-state index in [1.807, 2.05) is 13.8 Å². The van der Waals surface area contributed by atoms with Gasteiger partial charge in [-0.25, -0.2) is 0 Å². The zero-order valence-electron chi connectivity index (χ0n) is 18.9. The Morgan fingerprint density at radius 3 is 2.39 bits per heavy atom. The van der Waals surface area contributed by atoms with Gasteiger partial charge in [0.15, 0.2) is 11.6 Å². The molecule has 2 aliphatic carbocycles. The van der Waals surface area contributed by atoms with Crippen LogP contribution in [0.25, 0.3) is 0 Å². The number of fused-ring (bicyclic) bond motifs is 3. The molecule has 2 aromatic rings. The minimum atomic E-state index is -1.85. The molecule has 174 valence electrons. The van der Waals surface area contributed by atoms with Crippen molar-refractivity contribution in [3.8, 4) is 17.2 Å². The van der Waals surface area contributed by atoms with Crippen LogP contribution in [0.3, 0.4) is 0 Å². The van der Waals surface area contributed by atoms with Crippen LogP contribution in [0.2, 0.25) is 0 Å². The molecule has 0 heterocycles. The molecule has 0 bridgehead atoms. The largest absolute Gasteiger partial charge is 0.507 e. The third-order valence-electron chi connectivity index (χ3n) is 6.36. The minimum Gasteiger partial charge on any atom is -0.507 e. The van der Waals surface area contributed by atoms with Crippen molar-refractivity contribution in [2.45, 2.75) is 45.3 Å². The van der Waals surface area contributed by atoms with E-state index in [0.717, 1.165) is 0 Å². The molecule has 3 N–H and O–H groups in total. The lowest BCUT2D eigenvalue weighted by molar-refractivity contribution is -0.141. The SMILES string of the molecule is COc1cccc2c1C(=O)c1c(O)c3c(c(O)c1C2=O)CC(O)(C(C)=O)C[C@@H]3OCC(C)C. The van der Waals surface area contributed by atoms with Crippen LogP contribution in [0.1, 0.15) is 76.3 Å². The Bertz CT molecular complexity index is 1200. The zero-order valence-corrected chi connectivity index (χ0v) is 18.9. The van der Waals surface area contributed by atoms with Gasteiger partial charge in [0.2, 0.25) is 5.78 Å². The summed E-state index contributed by atoms with van der Waals surface area (Å²) in [6.07, 6.45) is -1.45. The molecule has 0 saturated carbocycles. The summed E-state index contributed by atoms with van der Waals surface area (Å²) < 4.78 is 11.2. The van der Waals surface area contributed by atoms with Crippen LogP contribution in [0.4, 0.5) is 0 Å². The van der Waals surface area contributed by atoms with Crippen LogP contribution in [0.15, 0.2) is 18.2 Å². The van der Waals surface area contributed by atoms with Gasteiger partial charge in [-0.15, -0.1) is 0 Å². The van der Waals surface area contributed by atoms with Gasteiger partial charge in [0.25, 0.3) is 0 Å². The number of hydrogen-bond acceptors (Lipinski definition) is 8. The lowest BCUT2D eigenvalue weighted by Crippen LogP contribution is -2.45. The molecule has 8 nitrogen and oxygen atoms in total. The first-order valence-corrected chi connectivity index (χ1v) is 10.7. The summed E-state index contributed by atoms with van der Waals surface area (Å²) in [5, 5.41) is 33.4. The number of Topliss-reactive ketones (excluding diaryl/α,β-unsaturated/α-hetero) is 1. The summed E-state index contributed by atoms with van der Waals surface area (Å²) in [6, 6.07) is 4.52. The fourth-order valence-corrected chi connectivity index (χ4v) is 4.64. The number of benzene rings is 2. The number of aliphatic hydroxyl groups is 1. The Kier molecular flexibility index (Phi) is 5.54. The van der Waals surface area contributed by atoms with Crippen molar-refractivity contribution in [1.82, 2.24) is 0 Å². The number of phenolic OH excluding ortho intramolecular Hbond substituents is 2. The number of ether oxygens (including phenoxy) is 2. The summed E-state index contributed by atoms with van der Waals surface area (Å²) in [7, 11) is 1.37. The maximum Gasteiger partial charge on any atom is 0.202 e. The van der Waals surface area contributed by atoms with E-state index in [2.05, 4.69) is 0 Å². The molecule has 0 saturated heterocycles. The van der Waals surface area contributed by atoms with E-state index in [0.29, 0.717) is 0 Å². The molecule has 2 atom stereocenters. The van der Waals surface area contributed by atoms with E-state index >= 15 is 0 Å². The van der Waals surface area contributed by atoms with E-state index in [1.165, 1.54) is 26.2 Å². The van der Waals surface area contributed by atoms with Crippen molar-refractivity contribution in [3.63, 3.8) is 0 Å². The van der Waals surface area contributed by atoms with Crippen LogP contribution in [-0.2, 0) is 16.0 Å². The predicted molar refractivity (Wildman–Crippen MR) is 117 cm³/mol.